The first-order valence-electron chi connectivity index (χ1n) is 6.57. The molecule has 8 heteroatoms. The Hall–Kier alpha value is -1.41. The first kappa shape index (κ1) is 15.0. The van der Waals surface area contributed by atoms with Gasteiger partial charge in [-0.2, -0.15) is 5.10 Å². The summed E-state index contributed by atoms with van der Waals surface area (Å²) in [4.78, 5) is 11.2. The number of nitrogens with one attached hydrogen (secondary N) is 2. The van der Waals surface area contributed by atoms with E-state index in [2.05, 4.69) is 14.9 Å². The zero-order chi connectivity index (χ0) is 14.9. The Bertz CT molecular complexity index is 589. The van der Waals surface area contributed by atoms with Gasteiger partial charge in [0.2, 0.25) is 10.0 Å². The molecule has 1 aromatic heterocycles. The Morgan fingerprint density at radius 2 is 2.15 bits per heavy atom. The van der Waals surface area contributed by atoms with Crippen molar-refractivity contribution in [3.05, 3.63) is 11.4 Å². The third-order valence-electron chi connectivity index (χ3n) is 3.84. The van der Waals surface area contributed by atoms with Crippen molar-refractivity contribution >= 4 is 16.0 Å². The van der Waals surface area contributed by atoms with Crippen molar-refractivity contribution in [2.75, 3.05) is 6.54 Å². The molecule has 0 radical (unpaired) electrons. The number of aliphatic carboxylic acids is 1. The largest absolute Gasteiger partial charge is 0.481 e. The van der Waals surface area contributed by atoms with Gasteiger partial charge in [-0.25, -0.2) is 13.1 Å². The van der Waals surface area contributed by atoms with Crippen LogP contribution in [0, 0.1) is 25.7 Å². The van der Waals surface area contributed by atoms with E-state index in [0.717, 1.165) is 12.8 Å². The number of aromatic nitrogens is 2. The number of H-pyrrole nitrogens is 1. The number of hydrogen-bond acceptors (Lipinski definition) is 4. The number of carboxylic acids is 1. The lowest BCUT2D eigenvalue weighted by Crippen LogP contribution is -2.33. The minimum Gasteiger partial charge on any atom is -0.481 e. The van der Waals surface area contributed by atoms with Crippen LogP contribution in [-0.4, -0.2) is 36.2 Å². The molecule has 1 aliphatic carbocycles. The highest BCUT2D eigenvalue weighted by Gasteiger charge is 2.34. The Labute approximate surface area is 117 Å². The molecular formula is C12H19N3O4S. The fraction of sp³-hybridized carbons (Fsp3) is 0.667. The lowest BCUT2D eigenvalue weighted by atomic mass is 9.97. The standard InChI is InChI=1S/C12H19N3O4S/c1-7-11(8(2)15-14-7)20(18,19)13-6-9-4-3-5-10(9)12(16)17/h9-10,13H,3-6H2,1-2H3,(H,14,15)(H,16,17). The zero-order valence-corrected chi connectivity index (χ0v) is 12.3. The van der Waals surface area contributed by atoms with Crippen LogP contribution in [0.1, 0.15) is 30.7 Å². The highest BCUT2D eigenvalue weighted by atomic mass is 32.2. The van der Waals surface area contributed by atoms with Crippen LogP contribution in [0.2, 0.25) is 0 Å². The molecular weight excluding hydrogens is 282 g/mol. The Morgan fingerprint density at radius 1 is 1.45 bits per heavy atom. The number of aryl methyl sites for hydroxylation is 2. The molecule has 1 fully saturated rings. The highest BCUT2D eigenvalue weighted by molar-refractivity contribution is 7.89. The maximum atomic E-state index is 12.2. The van der Waals surface area contributed by atoms with Gasteiger partial charge in [0.1, 0.15) is 4.90 Å². The summed E-state index contributed by atoms with van der Waals surface area (Å²) in [5, 5.41) is 15.6. The quantitative estimate of drug-likeness (QED) is 0.745. The van der Waals surface area contributed by atoms with Crippen LogP contribution in [0.3, 0.4) is 0 Å². The van der Waals surface area contributed by atoms with Gasteiger partial charge < -0.3 is 5.11 Å². The summed E-state index contributed by atoms with van der Waals surface area (Å²) in [5.74, 6) is -1.44. The number of carbonyl (C=O) groups is 1. The van der Waals surface area contributed by atoms with Gasteiger partial charge in [0.25, 0.3) is 0 Å². The summed E-state index contributed by atoms with van der Waals surface area (Å²) in [6.07, 6.45) is 2.18. The van der Waals surface area contributed by atoms with Gasteiger partial charge in [0.15, 0.2) is 0 Å². The lowest BCUT2D eigenvalue weighted by molar-refractivity contribution is -0.142. The smallest absolute Gasteiger partial charge is 0.306 e. The number of nitrogens with zero attached hydrogens (tertiary/aromatic N) is 1. The van der Waals surface area contributed by atoms with E-state index in [1.807, 2.05) is 0 Å². The molecule has 2 rings (SSSR count). The number of carboxylic acid groups (broad SMARTS) is 1. The predicted molar refractivity (Wildman–Crippen MR) is 71.7 cm³/mol. The molecule has 2 atom stereocenters. The van der Waals surface area contributed by atoms with Crippen LogP contribution in [0.4, 0.5) is 0 Å². The molecule has 2 unspecified atom stereocenters. The first-order chi connectivity index (χ1) is 9.33. The fourth-order valence-corrected chi connectivity index (χ4v) is 4.29. The zero-order valence-electron chi connectivity index (χ0n) is 11.5. The molecule has 1 aromatic rings. The van der Waals surface area contributed by atoms with Gasteiger partial charge in [-0.3, -0.25) is 9.89 Å². The molecule has 0 saturated heterocycles. The molecule has 3 N–H and O–H groups in total. The van der Waals surface area contributed by atoms with Crippen LogP contribution in [0.15, 0.2) is 4.90 Å². The summed E-state index contributed by atoms with van der Waals surface area (Å²) >= 11 is 0. The van der Waals surface area contributed by atoms with E-state index in [4.69, 9.17) is 5.11 Å². The first-order valence-corrected chi connectivity index (χ1v) is 8.05. The van der Waals surface area contributed by atoms with E-state index in [-0.39, 0.29) is 17.4 Å². The van der Waals surface area contributed by atoms with E-state index in [0.29, 0.717) is 17.8 Å². The van der Waals surface area contributed by atoms with E-state index in [9.17, 15) is 13.2 Å². The molecule has 20 heavy (non-hydrogen) atoms. The number of rotatable bonds is 5. The minimum absolute atomic E-state index is 0.144. The number of aromatic amines is 1. The van der Waals surface area contributed by atoms with Crippen molar-refractivity contribution in [2.24, 2.45) is 11.8 Å². The molecule has 0 spiro atoms. The minimum atomic E-state index is -3.65. The topological polar surface area (TPSA) is 112 Å². The monoisotopic (exact) mass is 301 g/mol. The van der Waals surface area contributed by atoms with Crippen molar-refractivity contribution in [2.45, 2.75) is 38.0 Å². The van der Waals surface area contributed by atoms with Crippen molar-refractivity contribution in [3.8, 4) is 0 Å². The third-order valence-corrected chi connectivity index (χ3v) is 5.53. The van der Waals surface area contributed by atoms with Crippen molar-refractivity contribution in [1.82, 2.24) is 14.9 Å². The number of sulfonamides is 1. The summed E-state index contributed by atoms with van der Waals surface area (Å²) in [5.41, 5.74) is 0.896. The van der Waals surface area contributed by atoms with Gasteiger partial charge in [-0.05, 0) is 32.6 Å². The second kappa shape index (κ2) is 5.53. The fourth-order valence-electron chi connectivity index (χ4n) is 2.83. The van der Waals surface area contributed by atoms with E-state index in [1.165, 1.54) is 0 Å². The molecule has 0 bridgehead atoms. The molecule has 0 aliphatic heterocycles. The summed E-state index contributed by atoms with van der Waals surface area (Å²) < 4.78 is 27.0. The molecule has 0 amide bonds. The Morgan fingerprint density at radius 3 is 2.70 bits per heavy atom. The lowest BCUT2D eigenvalue weighted by Gasteiger charge is -2.16. The number of hydrogen-bond donors (Lipinski definition) is 3. The Kier molecular flexibility index (Phi) is 4.14. The van der Waals surface area contributed by atoms with E-state index >= 15 is 0 Å². The van der Waals surface area contributed by atoms with Crippen LogP contribution in [0.5, 0.6) is 0 Å². The SMILES string of the molecule is Cc1n[nH]c(C)c1S(=O)(=O)NCC1CCCC1C(=O)O. The molecule has 112 valence electrons. The van der Waals surface area contributed by atoms with E-state index < -0.39 is 21.9 Å². The van der Waals surface area contributed by atoms with Crippen molar-refractivity contribution < 1.29 is 18.3 Å². The van der Waals surface area contributed by atoms with Crippen LogP contribution in [0.25, 0.3) is 0 Å². The van der Waals surface area contributed by atoms with Gasteiger partial charge >= 0.3 is 5.97 Å². The second-order valence-electron chi connectivity index (χ2n) is 5.25. The summed E-state index contributed by atoms with van der Waals surface area (Å²) in [6, 6.07) is 0. The maximum absolute atomic E-state index is 12.2. The van der Waals surface area contributed by atoms with Crippen molar-refractivity contribution in [3.63, 3.8) is 0 Å². The average Bonchev–Trinajstić information content (AvgIpc) is 2.94. The highest BCUT2D eigenvalue weighted by Crippen LogP contribution is 2.31. The van der Waals surface area contributed by atoms with Crippen LogP contribution >= 0.6 is 0 Å². The maximum Gasteiger partial charge on any atom is 0.306 e. The van der Waals surface area contributed by atoms with Crippen LogP contribution < -0.4 is 4.72 Å². The third kappa shape index (κ3) is 2.85. The van der Waals surface area contributed by atoms with Gasteiger partial charge in [0.05, 0.1) is 17.3 Å². The van der Waals surface area contributed by atoms with Gasteiger partial charge in [-0.15, -0.1) is 0 Å². The average molecular weight is 301 g/mol. The summed E-state index contributed by atoms with van der Waals surface area (Å²) in [7, 11) is -3.65. The van der Waals surface area contributed by atoms with Crippen LogP contribution in [-0.2, 0) is 14.8 Å². The normalized spacial score (nSPS) is 23.1. The van der Waals surface area contributed by atoms with Gasteiger partial charge in [-0.1, -0.05) is 6.42 Å². The molecule has 7 nitrogen and oxygen atoms in total. The van der Waals surface area contributed by atoms with Gasteiger partial charge in [0, 0.05) is 6.54 Å². The predicted octanol–water partition coefficient (Wildman–Crippen LogP) is 0.806. The Balaban J connectivity index is 2.09. The molecule has 1 saturated carbocycles. The molecule has 1 heterocycles. The molecule has 1 aliphatic rings. The summed E-state index contributed by atoms with van der Waals surface area (Å²) in [6.45, 7) is 3.42. The second-order valence-corrected chi connectivity index (χ2v) is 6.95. The molecule has 0 aromatic carbocycles. The van der Waals surface area contributed by atoms with E-state index in [1.54, 1.807) is 13.8 Å². The van der Waals surface area contributed by atoms with Crippen molar-refractivity contribution in [1.29, 1.82) is 0 Å².